The van der Waals surface area contributed by atoms with Crippen molar-refractivity contribution in [3.8, 4) is 0 Å². The number of hydrogen-bond donors (Lipinski definition) is 2. The fraction of sp³-hybridized carbons (Fsp3) is 0.533. The lowest BCUT2D eigenvalue weighted by molar-refractivity contribution is 0.0933. The van der Waals surface area contributed by atoms with Crippen molar-refractivity contribution >= 4 is 17.7 Å². The van der Waals surface area contributed by atoms with E-state index in [-0.39, 0.29) is 11.9 Å². The zero-order valence-electron chi connectivity index (χ0n) is 11.4. The third-order valence-corrected chi connectivity index (χ3v) is 4.40. The van der Waals surface area contributed by atoms with Gasteiger partial charge in [0, 0.05) is 23.9 Å². The number of thioether (sulfide) groups is 1. The van der Waals surface area contributed by atoms with Crippen molar-refractivity contribution < 1.29 is 4.79 Å². The van der Waals surface area contributed by atoms with Crippen molar-refractivity contribution in [2.45, 2.75) is 31.6 Å². The van der Waals surface area contributed by atoms with Crippen molar-refractivity contribution in [2.24, 2.45) is 11.7 Å². The molecule has 1 aromatic rings. The van der Waals surface area contributed by atoms with E-state index in [4.69, 9.17) is 5.73 Å². The van der Waals surface area contributed by atoms with E-state index in [0.717, 1.165) is 17.1 Å². The molecule has 1 aromatic carbocycles. The molecule has 1 unspecified atom stereocenters. The standard InChI is InChI=1S/C15H22N2OS/c1-2-19-10-11-3-5-13(6-4-11)15(18)17-14(9-16)12-7-8-12/h3-6,12,14H,2,7-10,16H2,1H3,(H,17,18). The van der Waals surface area contributed by atoms with Crippen molar-refractivity contribution in [1.82, 2.24) is 5.32 Å². The lowest BCUT2D eigenvalue weighted by Crippen LogP contribution is -2.41. The van der Waals surface area contributed by atoms with Crippen LogP contribution in [0.1, 0.15) is 35.7 Å². The molecular formula is C15H22N2OS. The summed E-state index contributed by atoms with van der Waals surface area (Å²) in [5.74, 6) is 2.71. The van der Waals surface area contributed by atoms with Crippen LogP contribution in [0.4, 0.5) is 0 Å². The summed E-state index contributed by atoms with van der Waals surface area (Å²) >= 11 is 1.88. The van der Waals surface area contributed by atoms with Crippen LogP contribution < -0.4 is 11.1 Å². The van der Waals surface area contributed by atoms with Gasteiger partial charge in [0.25, 0.3) is 5.91 Å². The van der Waals surface area contributed by atoms with E-state index in [1.54, 1.807) is 0 Å². The summed E-state index contributed by atoms with van der Waals surface area (Å²) in [6.45, 7) is 2.68. The van der Waals surface area contributed by atoms with Crippen molar-refractivity contribution in [3.05, 3.63) is 35.4 Å². The lowest BCUT2D eigenvalue weighted by Gasteiger charge is -2.16. The molecule has 104 valence electrons. The summed E-state index contributed by atoms with van der Waals surface area (Å²) in [7, 11) is 0. The summed E-state index contributed by atoms with van der Waals surface area (Å²) in [6, 6.07) is 8.02. The van der Waals surface area contributed by atoms with Gasteiger partial charge in [-0.15, -0.1) is 0 Å². The van der Waals surface area contributed by atoms with Gasteiger partial charge in [0.15, 0.2) is 0 Å². The van der Waals surface area contributed by atoms with E-state index in [9.17, 15) is 4.79 Å². The van der Waals surface area contributed by atoms with Gasteiger partial charge in [0.1, 0.15) is 0 Å². The fourth-order valence-corrected chi connectivity index (χ4v) is 2.72. The SMILES string of the molecule is CCSCc1ccc(C(=O)NC(CN)C2CC2)cc1. The van der Waals surface area contributed by atoms with Gasteiger partial charge < -0.3 is 11.1 Å². The molecular weight excluding hydrogens is 256 g/mol. The Kier molecular flexibility index (Phi) is 5.28. The van der Waals surface area contributed by atoms with Crippen LogP contribution in [0.5, 0.6) is 0 Å². The molecule has 1 saturated carbocycles. The molecule has 4 heteroatoms. The molecule has 0 bridgehead atoms. The van der Waals surface area contributed by atoms with Crippen LogP contribution in [0.2, 0.25) is 0 Å². The average molecular weight is 278 g/mol. The summed E-state index contributed by atoms with van der Waals surface area (Å²) in [5.41, 5.74) is 7.69. The molecule has 1 atom stereocenters. The molecule has 19 heavy (non-hydrogen) atoms. The first-order valence-electron chi connectivity index (χ1n) is 6.92. The molecule has 0 radical (unpaired) electrons. The molecule has 0 heterocycles. The number of carbonyl (C=O) groups excluding carboxylic acids is 1. The zero-order valence-corrected chi connectivity index (χ0v) is 12.2. The molecule has 3 nitrogen and oxygen atoms in total. The van der Waals surface area contributed by atoms with Crippen molar-refractivity contribution in [2.75, 3.05) is 12.3 Å². The van der Waals surface area contributed by atoms with Crippen LogP contribution in [0, 0.1) is 5.92 Å². The van der Waals surface area contributed by atoms with Crippen molar-refractivity contribution in [1.29, 1.82) is 0 Å². The monoisotopic (exact) mass is 278 g/mol. The second-order valence-corrected chi connectivity index (χ2v) is 6.26. The molecule has 0 aliphatic heterocycles. The Morgan fingerprint density at radius 2 is 2.11 bits per heavy atom. The Bertz CT molecular complexity index is 415. The topological polar surface area (TPSA) is 55.1 Å². The molecule has 1 aliphatic carbocycles. The van der Waals surface area contributed by atoms with E-state index < -0.39 is 0 Å². The Labute approximate surface area is 119 Å². The van der Waals surface area contributed by atoms with Gasteiger partial charge in [0.2, 0.25) is 0 Å². The van der Waals surface area contributed by atoms with E-state index in [2.05, 4.69) is 12.2 Å². The van der Waals surface area contributed by atoms with Gasteiger partial charge in [-0.25, -0.2) is 0 Å². The van der Waals surface area contributed by atoms with Crippen LogP contribution in [0.25, 0.3) is 0 Å². The van der Waals surface area contributed by atoms with Crippen LogP contribution in [0.15, 0.2) is 24.3 Å². The third-order valence-electron chi connectivity index (χ3n) is 3.45. The lowest BCUT2D eigenvalue weighted by atomic mass is 10.1. The number of carbonyl (C=O) groups is 1. The maximum absolute atomic E-state index is 12.1. The Morgan fingerprint density at radius 3 is 2.63 bits per heavy atom. The number of rotatable bonds is 7. The molecule has 0 aromatic heterocycles. The Hall–Kier alpha value is -1.00. The van der Waals surface area contributed by atoms with Crippen molar-refractivity contribution in [3.63, 3.8) is 0 Å². The molecule has 0 spiro atoms. The molecule has 1 amide bonds. The highest BCUT2D eigenvalue weighted by Crippen LogP contribution is 2.32. The third kappa shape index (κ3) is 4.25. The normalized spacial score (nSPS) is 16.1. The molecule has 1 fully saturated rings. The summed E-state index contributed by atoms with van der Waals surface area (Å²) < 4.78 is 0. The van der Waals surface area contributed by atoms with Crippen LogP contribution in [0.3, 0.4) is 0 Å². The summed E-state index contributed by atoms with van der Waals surface area (Å²) in [6.07, 6.45) is 2.38. The van der Waals surface area contributed by atoms with Gasteiger partial charge in [-0.1, -0.05) is 19.1 Å². The first kappa shape index (κ1) is 14.4. The number of benzene rings is 1. The minimum absolute atomic E-state index is 0.00274. The van der Waals surface area contributed by atoms with Crippen LogP contribution >= 0.6 is 11.8 Å². The Morgan fingerprint density at radius 1 is 1.42 bits per heavy atom. The minimum Gasteiger partial charge on any atom is -0.348 e. The van der Waals surface area contributed by atoms with Gasteiger partial charge in [-0.3, -0.25) is 4.79 Å². The quantitative estimate of drug-likeness (QED) is 0.805. The largest absolute Gasteiger partial charge is 0.348 e. The molecule has 3 N–H and O–H groups in total. The van der Waals surface area contributed by atoms with Gasteiger partial charge in [-0.2, -0.15) is 11.8 Å². The van der Waals surface area contributed by atoms with E-state index in [1.165, 1.54) is 18.4 Å². The van der Waals surface area contributed by atoms with E-state index >= 15 is 0 Å². The highest BCUT2D eigenvalue weighted by atomic mass is 32.2. The number of hydrogen-bond acceptors (Lipinski definition) is 3. The highest BCUT2D eigenvalue weighted by molar-refractivity contribution is 7.98. The maximum Gasteiger partial charge on any atom is 0.251 e. The van der Waals surface area contributed by atoms with Gasteiger partial charge >= 0.3 is 0 Å². The Balaban J connectivity index is 1.91. The molecule has 1 aliphatic rings. The first-order valence-corrected chi connectivity index (χ1v) is 8.07. The average Bonchev–Trinajstić information content (AvgIpc) is 3.27. The predicted octanol–water partition coefficient (Wildman–Crippen LogP) is 2.41. The number of nitrogens with two attached hydrogens (primary N) is 1. The first-order chi connectivity index (χ1) is 9.24. The van der Waals surface area contributed by atoms with Gasteiger partial charge in [0.05, 0.1) is 0 Å². The van der Waals surface area contributed by atoms with E-state index in [1.807, 2.05) is 36.0 Å². The molecule has 0 saturated heterocycles. The van der Waals surface area contributed by atoms with E-state index in [0.29, 0.717) is 12.5 Å². The minimum atomic E-state index is -0.00274. The van der Waals surface area contributed by atoms with Crippen LogP contribution in [-0.2, 0) is 5.75 Å². The second kappa shape index (κ2) is 6.96. The smallest absolute Gasteiger partial charge is 0.251 e. The van der Waals surface area contributed by atoms with Crippen LogP contribution in [-0.4, -0.2) is 24.2 Å². The zero-order chi connectivity index (χ0) is 13.7. The second-order valence-electron chi connectivity index (χ2n) is 4.99. The highest BCUT2D eigenvalue weighted by Gasteiger charge is 2.31. The summed E-state index contributed by atoms with van der Waals surface area (Å²) in [4.78, 5) is 12.1. The number of nitrogens with one attached hydrogen (secondary N) is 1. The molecule has 2 rings (SSSR count). The fourth-order valence-electron chi connectivity index (χ4n) is 2.09. The van der Waals surface area contributed by atoms with Gasteiger partial charge in [-0.05, 0) is 42.2 Å². The predicted molar refractivity (Wildman–Crippen MR) is 81.3 cm³/mol. The maximum atomic E-state index is 12.1. The number of amides is 1. The summed E-state index contributed by atoms with van der Waals surface area (Å²) in [5, 5.41) is 3.04.